The lowest BCUT2D eigenvalue weighted by Gasteiger charge is -2.10. The van der Waals surface area contributed by atoms with Crippen LogP contribution in [-0.4, -0.2) is 11.0 Å². The van der Waals surface area contributed by atoms with E-state index in [1.807, 2.05) is 55.5 Å². The first-order valence-electron chi connectivity index (χ1n) is 6.74. The predicted molar refractivity (Wildman–Crippen MR) is 84.7 cm³/mol. The van der Waals surface area contributed by atoms with Gasteiger partial charge in [-0.15, -0.1) is 0 Å². The minimum absolute atomic E-state index is 0.0150. The van der Waals surface area contributed by atoms with Gasteiger partial charge in [0, 0.05) is 5.69 Å². The summed E-state index contributed by atoms with van der Waals surface area (Å²) in [5.74, 6) is -0.325. The maximum Gasteiger partial charge on any atom is 0.260 e. The molecule has 21 heavy (non-hydrogen) atoms. The maximum atomic E-state index is 12.5. The van der Waals surface area contributed by atoms with E-state index in [0.29, 0.717) is 11.3 Å². The average molecular weight is 277 g/mol. The fourth-order valence-electron chi connectivity index (χ4n) is 2.42. The lowest BCUT2D eigenvalue weighted by molar-refractivity contribution is 0.102. The third-order valence-electron chi connectivity index (χ3n) is 3.41. The van der Waals surface area contributed by atoms with Crippen molar-refractivity contribution >= 4 is 22.4 Å². The smallest absolute Gasteiger partial charge is 0.260 e. The molecule has 3 nitrogen and oxygen atoms in total. The molecule has 0 bridgehead atoms. The van der Waals surface area contributed by atoms with Gasteiger partial charge in [-0.2, -0.15) is 0 Å². The molecule has 0 aliphatic heterocycles. The number of amides is 1. The number of phenols is 1. The molecular formula is C18H15NO2. The lowest BCUT2D eigenvalue weighted by atomic mass is 10.0. The van der Waals surface area contributed by atoms with Crippen molar-refractivity contribution in [2.24, 2.45) is 0 Å². The highest BCUT2D eigenvalue weighted by Crippen LogP contribution is 2.28. The summed E-state index contributed by atoms with van der Waals surface area (Å²) in [6.45, 7) is 1.96. The molecule has 2 N–H and O–H groups in total. The molecule has 0 aliphatic rings. The van der Waals surface area contributed by atoms with E-state index in [9.17, 15) is 9.90 Å². The summed E-state index contributed by atoms with van der Waals surface area (Å²) in [7, 11) is 0. The first kappa shape index (κ1) is 13.2. The second kappa shape index (κ2) is 5.29. The predicted octanol–water partition coefficient (Wildman–Crippen LogP) is 4.11. The van der Waals surface area contributed by atoms with Gasteiger partial charge in [-0.3, -0.25) is 4.79 Å². The van der Waals surface area contributed by atoms with Crippen molar-refractivity contribution < 1.29 is 9.90 Å². The Hall–Kier alpha value is -2.81. The monoisotopic (exact) mass is 277 g/mol. The van der Waals surface area contributed by atoms with Crippen molar-refractivity contribution in [2.45, 2.75) is 6.92 Å². The molecule has 0 atom stereocenters. The maximum absolute atomic E-state index is 12.5. The Morgan fingerprint density at radius 2 is 1.81 bits per heavy atom. The van der Waals surface area contributed by atoms with E-state index in [0.717, 1.165) is 16.3 Å². The van der Waals surface area contributed by atoms with Crippen LogP contribution in [0.1, 0.15) is 15.9 Å². The van der Waals surface area contributed by atoms with E-state index in [1.54, 1.807) is 12.1 Å². The first-order valence-corrected chi connectivity index (χ1v) is 6.74. The summed E-state index contributed by atoms with van der Waals surface area (Å²) in [5, 5.41) is 14.5. The number of nitrogens with one attached hydrogen (secondary N) is 1. The fraction of sp³-hybridized carbons (Fsp3) is 0.0556. The van der Waals surface area contributed by atoms with Gasteiger partial charge in [-0.25, -0.2) is 0 Å². The molecule has 0 saturated carbocycles. The molecule has 0 aliphatic carbocycles. The summed E-state index contributed by atoms with van der Waals surface area (Å²) < 4.78 is 0. The van der Waals surface area contributed by atoms with Crippen LogP contribution in [0.4, 0.5) is 5.69 Å². The van der Waals surface area contributed by atoms with Gasteiger partial charge in [0.2, 0.25) is 0 Å². The van der Waals surface area contributed by atoms with Crippen molar-refractivity contribution in [3.63, 3.8) is 0 Å². The van der Waals surface area contributed by atoms with Crippen LogP contribution in [0.5, 0.6) is 5.75 Å². The highest BCUT2D eigenvalue weighted by atomic mass is 16.3. The highest BCUT2D eigenvalue weighted by Gasteiger charge is 2.15. The molecular weight excluding hydrogens is 262 g/mol. The van der Waals surface area contributed by atoms with Crippen molar-refractivity contribution in [1.29, 1.82) is 0 Å². The standard InChI is InChI=1S/C18H15NO2/c1-12-5-4-7-14(11-12)19-18(21)17-15-8-3-2-6-13(15)9-10-16(17)20/h2-11,20H,1H3,(H,19,21). The summed E-state index contributed by atoms with van der Waals surface area (Å²) >= 11 is 0. The molecule has 0 heterocycles. The number of rotatable bonds is 2. The Morgan fingerprint density at radius 3 is 2.62 bits per heavy atom. The molecule has 3 rings (SSSR count). The van der Waals surface area contributed by atoms with Crippen LogP contribution in [0, 0.1) is 6.92 Å². The zero-order valence-corrected chi connectivity index (χ0v) is 11.6. The first-order chi connectivity index (χ1) is 10.1. The van der Waals surface area contributed by atoms with E-state index in [2.05, 4.69) is 5.32 Å². The molecule has 104 valence electrons. The number of carbonyl (C=O) groups excluding carboxylic acids is 1. The SMILES string of the molecule is Cc1cccc(NC(=O)c2c(O)ccc3ccccc23)c1. The Kier molecular flexibility index (Phi) is 3.32. The molecule has 0 aromatic heterocycles. The Bertz CT molecular complexity index is 824. The molecule has 3 heteroatoms. The van der Waals surface area contributed by atoms with Gasteiger partial charge in [-0.05, 0) is 41.5 Å². The van der Waals surface area contributed by atoms with E-state index < -0.39 is 0 Å². The van der Waals surface area contributed by atoms with Gasteiger partial charge in [-0.1, -0.05) is 42.5 Å². The van der Waals surface area contributed by atoms with Crippen molar-refractivity contribution in [2.75, 3.05) is 5.32 Å². The summed E-state index contributed by atoms with van der Waals surface area (Å²) in [6.07, 6.45) is 0. The molecule has 0 saturated heterocycles. The van der Waals surface area contributed by atoms with Gasteiger partial charge >= 0.3 is 0 Å². The zero-order chi connectivity index (χ0) is 14.8. The molecule has 0 unspecified atom stereocenters. The van der Waals surface area contributed by atoms with Crippen LogP contribution in [0.15, 0.2) is 60.7 Å². The van der Waals surface area contributed by atoms with Crippen LogP contribution < -0.4 is 5.32 Å². The number of anilines is 1. The van der Waals surface area contributed by atoms with Crippen LogP contribution in [-0.2, 0) is 0 Å². The van der Waals surface area contributed by atoms with Crippen molar-refractivity contribution in [3.8, 4) is 5.75 Å². The normalized spacial score (nSPS) is 10.5. The van der Waals surface area contributed by atoms with Crippen LogP contribution >= 0.6 is 0 Å². The van der Waals surface area contributed by atoms with E-state index in [4.69, 9.17) is 0 Å². The van der Waals surface area contributed by atoms with Crippen LogP contribution in [0.3, 0.4) is 0 Å². The molecule has 0 fully saturated rings. The number of carbonyl (C=O) groups is 1. The highest BCUT2D eigenvalue weighted by molar-refractivity contribution is 6.14. The molecule has 3 aromatic carbocycles. The van der Waals surface area contributed by atoms with E-state index in [-0.39, 0.29) is 11.7 Å². The fourth-order valence-corrected chi connectivity index (χ4v) is 2.42. The minimum Gasteiger partial charge on any atom is -0.507 e. The third-order valence-corrected chi connectivity index (χ3v) is 3.41. The summed E-state index contributed by atoms with van der Waals surface area (Å²) in [5.41, 5.74) is 2.08. The summed E-state index contributed by atoms with van der Waals surface area (Å²) in [6, 6.07) is 18.4. The number of aryl methyl sites for hydroxylation is 1. The number of phenolic OH excluding ortho intramolecular Hbond substituents is 1. The van der Waals surface area contributed by atoms with Crippen molar-refractivity contribution in [1.82, 2.24) is 0 Å². The Balaban J connectivity index is 2.03. The number of fused-ring (bicyclic) bond motifs is 1. The Labute approximate surface area is 122 Å². The van der Waals surface area contributed by atoms with E-state index >= 15 is 0 Å². The van der Waals surface area contributed by atoms with Gasteiger partial charge in [0.05, 0.1) is 5.56 Å². The van der Waals surface area contributed by atoms with Crippen LogP contribution in [0.25, 0.3) is 10.8 Å². The van der Waals surface area contributed by atoms with Gasteiger partial charge in [0.1, 0.15) is 5.75 Å². The minimum atomic E-state index is -0.310. The number of benzene rings is 3. The molecule has 3 aromatic rings. The summed E-state index contributed by atoms with van der Waals surface area (Å²) in [4.78, 5) is 12.5. The number of hydrogen-bond donors (Lipinski definition) is 2. The second-order valence-corrected chi connectivity index (χ2v) is 5.00. The Morgan fingerprint density at radius 1 is 1.00 bits per heavy atom. The van der Waals surface area contributed by atoms with Gasteiger partial charge < -0.3 is 10.4 Å². The topological polar surface area (TPSA) is 49.3 Å². The molecule has 0 spiro atoms. The quantitative estimate of drug-likeness (QED) is 0.740. The molecule has 0 radical (unpaired) electrons. The van der Waals surface area contributed by atoms with Crippen LogP contribution in [0.2, 0.25) is 0 Å². The van der Waals surface area contributed by atoms with Gasteiger partial charge in [0.15, 0.2) is 0 Å². The number of aromatic hydroxyl groups is 1. The third kappa shape index (κ3) is 2.58. The molecule has 1 amide bonds. The average Bonchev–Trinajstić information content (AvgIpc) is 2.47. The zero-order valence-electron chi connectivity index (χ0n) is 11.6. The second-order valence-electron chi connectivity index (χ2n) is 5.00. The van der Waals surface area contributed by atoms with Gasteiger partial charge in [0.25, 0.3) is 5.91 Å². The van der Waals surface area contributed by atoms with E-state index in [1.165, 1.54) is 0 Å². The number of hydrogen-bond acceptors (Lipinski definition) is 2. The lowest BCUT2D eigenvalue weighted by Crippen LogP contribution is -2.12. The van der Waals surface area contributed by atoms with Crippen molar-refractivity contribution in [3.05, 3.63) is 71.8 Å². The largest absolute Gasteiger partial charge is 0.507 e.